The molecule has 0 atom stereocenters. The number of hydrogen-bond donors (Lipinski definition) is 1. The van der Waals surface area contributed by atoms with Gasteiger partial charge in [0.25, 0.3) is 5.91 Å². The summed E-state index contributed by atoms with van der Waals surface area (Å²) >= 11 is 3.97. The van der Waals surface area contributed by atoms with Crippen molar-refractivity contribution in [3.63, 3.8) is 0 Å². The van der Waals surface area contributed by atoms with Crippen LogP contribution in [0.2, 0.25) is 0 Å². The first-order chi connectivity index (χ1) is 12.3. The van der Waals surface area contributed by atoms with Gasteiger partial charge in [0, 0.05) is 30.2 Å². The molecule has 1 heterocycles. The molecular formula is C20H25ClN2OS2. The molecule has 0 bridgehead atoms. The van der Waals surface area contributed by atoms with Gasteiger partial charge in [0.2, 0.25) is 0 Å². The van der Waals surface area contributed by atoms with Gasteiger partial charge in [0.15, 0.2) is 0 Å². The van der Waals surface area contributed by atoms with E-state index in [0.717, 1.165) is 17.5 Å². The van der Waals surface area contributed by atoms with Gasteiger partial charge in [-0.2, -0.15) is 0 Å². The summed E-state index contributed by atoms with van der Waals surface area (Å²) < 4.78 is 0.516. The lowest BCUT2D eigenvalue weighted by atomic mass is 10.1. The van der Waals surface area contributed by atoms with E-state index in [1.54, 1.807) is 0 Å². The van der Waals surface area contributed by atoms with Crippen molar-refractivity contribution in [3.05, 3.63) is 71.3 Å². The molecule has 1 saturated heterocycles. The maximum Gasteiger partial charge on any atom is 0.254 e. The zero-order chi connectivity index (χ0) is 17.5. The highest BCUT2D eigenvalue weighted by Gasteiger charge is 2.20. The number of carbonyl (C=O) groups excluding carboxylic acids is 1. The van der Waals surface area contributed by atoms with Crippen LogP contribution in [0.4, 0.5) is 0 Å². The van der Waals surface area contributed by atoms with Crippen LogP contribution in [0.1, 0.15) is 32.5 Å². The van der Waals surface area contributed by atoms with Gasteiger partial charge in [-0.3, -0.25) is 4.79 Å². The Hall–Kier alpha value is -1.14. The number of amides is 1. The number of halogens is 1. The van der Waals surface area contributed by atoms with Gasteiger partial charge >= 0.3 is 0 Å². The minimum absolute atomic E-state index is 0. The van der Waals surface area contributed by atoms with E-state index < -0.39 is 0 Å². The van der Waals surface area contributed by atoms with Crippen molar-refractivity contribution in [2.75, 3.05) is 24.6 Å². The number of benzene rings is 2. The predicted octanol–water partition coefficient (Wildman–Crippen LogP) is 4.58. The predicted molar refractivity (Wildman–Crippen MR) is 116 cm³/mol. The Kier molecular flexibility index (Phi) is 8.85. The Labute approximate surface area is 170 Å². The quantitative estimate of drug-likeness (QED) is 0.728. The van der Waals surface area contributed by atoms with Crippen LogP contribution < -0.4 is 5.73 Å². The number of nitrogens with zero attached hydrogens (tertiary/aromatic N) is 1. The summed E-state index contributed by atoms with van der Waals surface area (Å²) in [7, 11) is 0. The van der Waals surface area contributed by atoms with Crippen LogP contribution in [0.3, 0.4) is 0 Å². The first-order valence-electron chi connectivity index (χ1n) is 8.64. The van der Waals surface area contributed by atoms with E-state index in [1.807, 2.05) is 58.8 Å². The zero-order valence-corrected chi connectivity index (χ0v) is 17.1. The topological polar surface area (TPSA) is 46.3 Å². The summed E-state index contributed by atoms with van der Waals surface area (Å²) in [6.45, 7) is 1.89. The molecule has 0 aliphatic carbocycles. The molecule has 26 heavy (non-hydrogen) atoms. The summed E-state index contributed by atoms with van der Waals surface area (Å²) in [5.41, 5.74) is 8.86. The van der Waals surface area contributed by atoms with Crippen molar-refractivity contribution >= 4 is 41.8 Å². The van der Waals surface area contributed by atoms with E-state index in [0.29, 0.717) is 24.2 Å². The highest BCUT2D eigenvalue weighted by molar-refractivity contribution is 8.19. The third-order valence-corrected chi connectivity index (χ3v) is 7.29. The standard InChI is InChI=1S/C20H24N2OS2.ClH/c21-11-4-12-22(15-16-5-2-1-3-6-16)19(23)17-7-9-18(10-8-17)20-24-13-14-25-20;/h1-3,5-10,20H,4,11-15,21H2;1H. The molecule has 1 aliphatic rings. The molecule has 0 spiro atoms. The molecule has 2 N–H and O–H groups in total. The van der Waals surface area contributed by atoms with Crippen LogP contribution in [0, 0.1) is 0 Å². The lowest BCUT2D eigenvalue weighted by Gasteiger charge is -2.23. The number of thioether (sulfide) groups is 2. The zero-order valence-electron chi connectivity index (χ0n) is 14.7. The van der Waals surface area contributed by atoms with E-state index in [4.69, 9.17) is 5.73 Å². The Bertz CT molecular complexity index is 676. The van der Waals surface area contributed by atoms with Gasteiger partial charge in [-0.1, -0.05) is 42.5 Å². The first kappa shape index (κ1) is 21.2. The van der Waals surface area contributed by atoms with Crippen molar-refractivity contribution in [3.8, 4) is 0 Å². The van der Waals surface area contributed by atoms with Crippen molar-refractivity contribution in [2.45, 2.75) is 17.5 Å². The maximum atomic E-state index is 13.0. The molecule has 0 saturated carbocycles. The number of nitrogens with two attached hydrogens (primary N) is 1. The normalized spacial score (nSPS) is 14.0. The maximum absolute atomic E-state index is 13.0. The van der Waals surface area contributed by atoms with E-state index >= 15 is 0 Å². The highest BCUT2D eigenvalue weighted by Crippen LogP contribution is 2.45. The van der Waals surface area contributed by atoms with Gasteiger partial charge in [-0.25, -0.2) is 0 Å². The lowest BCUT2D eigenvalue weighted by molar-refractivity contribution is 0.0742. The van der Waals surface area contributed by atoms with Crippen LogP contribution in [0.5, 0.6) is 0 Å². The SMILES string of the molecule is Cl.NCCCN(Cc1ccccc1)C(=O)c1ccc(C2SCCS2)cc1. The molecule has 6 heteroatoms. The molecule has 1 amide bonds. The molecule has 140 valence electrons. The summed E-state index contributed by atoms with van der Waals surface area (Å²) in [6.07, 6.45) is 0.812. The average molecular weight is 409 g/mol. The fourth-order valence-corrected chi connectivity index (χ4v) is 5.71. The van der Waals surface area contributed by atoms with Crippen LogP contribution in [0.15, 0.2) is 54.6 Å². The largest absolute Gasteiger partial charge is 0.334 e. The van der Waals surface area contributed by atoms with Gasteiger partial charge in [0.05, 0.1) is 4.58 Å². The van der Waals surface area contributed by atoms with Gasteiger partial charge in [-0.05, 0) is 36.2 Å². The Balaban J connectivity index is 0.00000243. The van der Waals surface area contributed by atoms with E-state index in [2.05, 4.69) is 24.3 Å². The second kappa shape index (κ2) is 10.9. The van der Waals surface area contributed by atoms with Crippen molar-refractivity contribution in [1.29, 1.82) is 0 Å². The minimum Gasteiger partial charge on any atom is -0.334 e. The Morgan fingerprint density at radius 2 is 1.69 bits per heavy atom. The smallest absolute Gasteiger partial charge is 0.254 e. The molecule has 0 radical (unpaired) electrons. The van der Waals surface area contributed by atoms with Crippen LogP contribution in [-0.2, 0) is 6.54 Å². The Morgan fingerprint density at radius 1 is 1.04 bits per heavy atom. The molecule has 3 rings (SSSR count). The molecule has 3 nitrogen and oxygen atoms in total. The van der Waals surface area contributed by atoms with E-state index in [1.165, 1.54) is 17.1 Å². The summed E-state index contributed by atoms with van der Waals surface area (Å²) in [6, 6.07) is 18.3. The molecule has 0 aromatic heterocycles. The second-order valence-corrected chi connectivity index (χ2v) is 8.77. The van der Waals surface area contributed by atoms with Crippen LogP contribution in [0.25, 0.3) is 0 Å². The second-order valence-electron chi connectivity index (χ2n) is 6.05. The first-order valence-corrected chi connectivity index (χ1v) is 10.7. The van der Waals surface area contributed by atoms with Gasteiger partial charge < -0.3 is 10.6 Å². The highest BCUT2D eigenvalue weighted by atomic mass is 35.5. The fourth-order valence-electron chi connectivity index (χ4n) is 2.85. The lowest BCUT2D eigenvalue weighted by Crippen LogP contribution is -2.32. The number of hydrogen-bond acceptors (Lipinski definition) is 4. The number of carbonyl (C=O) groups is 1. The molecule has 1 aliphatic heterocycles. The van der Waals surface area contributed by atoms with Gasteiger partial charge in [0.1, 0.15) is 0 Å². The number of rotatable bonds is 7. The molecular weight excluding hydrogens is 384 g/mol. The monoisotopic (exact) mass is 408 g/mol. The van der Waals surface area contributed by atoms with Crippen molar-refractivity contribution in [2.24, 2.45) is 5.73 Å². The molecule has 1 fully saturated rings. The van der Waals surface area contributed by atoms with Crippen molar-refractivity contribution in [1.82, 2.24) is 4.90 Å². The van der Waals surface area contributed by atoms with Crippen LogP contribution in [-0.4, -0.2) is 35.4 Å². The summed E-state index contributed by atoms with van der Waals surface area (Å²) in [5.74, 6) is 2.50. The molecule has 0 unspecified atom stereocenters. The van der Waals surface area contributed by atoms with Crippen LogP contribution >= 0.6 is 35.9 Å². The molecule has 2 aromatic rings. The van der Waals surface area contributed by atoms with Crippen molar-refractivity contribution < 1.29 is 4.79 Å². The fraction of sp³-hybridized carbons (Fsp3) is 0.350. The minimum atomic E-state index is 0. The summed E-state index contributed by atoms with van der Waals surface area (Å²) in [5, 5.41) is 0. The van der Waals surface area contributed by atoms with E-state index in [9.17, 15) is 4.79 Å². The third kappa shape index (κ3) is 5.68. The van der Waals surface area contributed by atoms with E-state index in [-0.39, 0.29) is 18.3 Å². The summed E-state index contributed by atoms with van der Waals surface area (Å²) in [4.78, 5) is 14.9. The Morgan fingerprint density at radius 3 is 2.31 bits per heavy atom. The average Bonchev–Trinajstić information content (AvgIpc) is 3.20. The third-order valence-electron chi connectivity index (χ3n) is 4.19. The van der Waals surface area contributed by atoms with Gasteiger partial charge in [-0.15, -0.1) is 35.9 Å². The molecule has 2 aromatic carbocycles.